The maximum atomic E-state index is 13.2. The molecule has 36 heavy (non-hydrogen) atoms. The molecule has 0 radical (unpaired) electrons. The Morgan fingerprint density at radius 1 is 1.06 bits per heavy atom. The van der Waals surface area contributed by atoms with Crippen LogP contribution in [-0.4, -0.2) is 51.7 Å². The van der Waals surface area contributed by atoms with Gasteiger partial charge >= 0.3 is 0 Å². The van der Waals surface area contributed by atoms with Crippen molar-refractivity contribution in [2.24, 2.45) is 5.92 Å². The number of carbonyl (C=O) groups is 2. The van der Waals surface area contributed by atoms with Gasteiger partial charge in [-0.05, 0) is 55.5 Å². The molecule has 7 nitrogen and oxygen atoms in total. The Bertz CT molecular complexity index is 1030. The molecule has 1 fully saturated rings. The number of nitrogens with one attached hydrogen (secondary N) is 2. The van der Waals surface area contributed by atoms with E-state index >= 15 is 0 Å². The van der Waals surface area contributed by atoms with Crippen LogP contribution in [-0.2, 0) is 11.2 Å². The van der Waals surface area contributed by atoms with Crippen LogP contribution in [0.3, 0.4) is 0 Å². The van der Waals surface area contributed by atoms with Crippen LogP contribution in [0.2, 0.25) is 0 Å². The van der Waals surface area contributed by atoms with Gasteiger partial charge in [0.2, 0.25) is 5.91 Å². The zero-order valence-corrected chi connectivity index (χ0v) is 21.6. The predicted octanol–water partition coefficient (Wildman–Crippen LogP) is 4.34. The summed E-state index contributed by atoms with van der Waals surface area (Å²) in [4.78, 5) is 28.5. The topological polar surface area (TPSA) is 79.9 Å². The molecule has 4 rings (SSSR count). The van der Waals surface area contributed by atoms with Gasteiger partial charge in [0.15, 0.2) is 0 Å². The van der Waals surface area contributed by atoms with Gasteiger partial charge in [0, 0.05) is 36.4 Å². The molecule has 2 aromatic carbocycles. The molecule has 0 bridgehead atoms. The van der Waals surface area contributed by atoms with Gasteiger partial charge in [-0.1, -0.05) is 44.2 Å². The summed E-state index contributed by atoms with van der Waals surface area (Å²) in [5, 5.41) is 6.08. The standard InChI is InChI=1S/C29H39N3O4/c1-35-23-11-6-10-22(20-23)28(33)31-25(15-14-21-8-4-3-5-9-21)29(34)30-17-19-32-18-16-24-26(32)12-7-13-27(24)36-2/h6-7,10-13,20-21,25H,3-5,8-9,14-19H2,1-2H3,(H,30,34)(H,31,33). The number of fused-ring (bicyclic) bond motifs is 1. The van der Waals surface area contributed by atoms with Gasteiger partial charge in [-0.15, -0.1) is 0 Å². The average molecular weight is 494 g/mol. The van der Waals surface area contributed by atoms with Crippen molar-refractivity contribution < 1.29 is 19.1 Å². The monoisotopic (exact) mass is 493 g/mol. The minimum absolute atomic E-state index is 0.118. The Morgan fingerprint density at radius 3 is 2.64 bits per heavy atom. The fraction of sp³-hybridized carbons (Fsp3) is 0.517. The second-order valence-electron chi connectivity index (χ2n) is 9.83. The minimum Gasteiger partial charge on any atom is -0.497 e. The lowest BCUT2D eigenvalue weighted by Crippen LogP contribution is -2.48. The molecule has 7 heteroatoms. The Balaban J connectivity index is 1.36. The Morgan fingerprint density at radius 2 is 1.86 bits per heavy atom. The number of hydrogen-bond acceptors (Lipinski definition) is 5. The first kappa shape index (κ1) is 25.9. The number of carbonyl (C=O) groups excluding carboxylic acids is 2. The van der Waals surface area contributed by atoms with Crippen LogP contribution in [0.25, 0.3) is 0 Å². The molecule has 0 spiro atoms. The number of benzene rings is 2. The third-order valence-electron chi connectivity index (χ3n) is 7.52. The molecular formula is C29H39N3O4. The maximum Gasteiger partial charge on any atom is 0.252 e. The first-order chi connectivity index (χ1) is 17.6. The van der Waals surface area contributed by atoms with E-state index < -0.39 is 6.04 Å². The second kappa shape index (κ2) is 12.7. The van der Waals surface area contributed by atoms with E-state index in [0.29, 0.717) is 36.7 Å². The molecule has 1 unspecified atom stereocenters. The lowest BCUT2D eigenvalue weighted by atomic mass is 9.85. The molecule has 1 aliphatic heterocycles. The van der Waals surface area contributed by atoms with Crippen LogP contribution in [0.4, 0.5) is 5.69 Å². The smallest absolute Gasteiger partial charge is 0.252 e. The molecule has 1 heterocycles. The lowest BCUT2D eigenvalue weighted by Gasteiger charge is -2.25. The Labute approximate surface area is 214 Å². The highest BCUT2D eigenvalue weighted by Crippen LogP contribution is 2.34. The molecule has 1 aliphatic carbocycles. The molecule has 1 atom stereocenters. The number of hydrogen-bond donors (Lipinski definition) is 2. The van der Waals surface area contributed by atoms with E-state index in [1.54, 1.807) is 38.5 Å². The summed E-state index contributed by atoms with van der Waals surface area (Å²) in [6.45, 7) is 2.14. The average Bonchev–Trinajstić information content (AvgIpc) is 3.34. The van der Waals surface area contributed by atoms with Gasteiger partial charge in [0.1, 0.15) is 17.5 Å². The summed E-state index contributed by atoms with van der Waals surface area (Å²) >= 11 is 0. The quantitative estimate of drug-likeness (QED) is 0.487. The van der Waals surface area contributed by atoms with Crippen molar-refractivity contribution in [2.75, 3.05) is 38.8 Å². The summed E-state index contributed by atoms with van der Waals surface area (Å²) < 4.78 is 10.8. The first-order valence-corrected chi connectivity index (χ1v) is 13.2. The van der Waals surface area contributed by atoms with Crippen LogP contribution in [0.5, 0.6) is 11.5 Å². The molecule has 0 aromatic heterocycles. The van der Waals surface area contributed by atoms with Crippen molar-refractivity contribution in [3.05, 3.63) is 53.6 Å². The third-order valence-corrected chi connectivity index (χ3v) is 7.52. The number of amides is 2. The van der Waals surface area contributed by atoms with E-state index in [0.717, 1.165) is 25.1 Å². The summed E-state index contributed by atoms with van der Waals surface area (Å²) in [6, 6.07) is 12.6. The van der Waals surface area contributed by atoms with E-state index in [9.17, 15) is 9.59 Å². The van der Waals surface area contributed by atoms with E-state index in [1.807, 2.05) is 12.1 Å². The highest BCUT2D eigenvalue weighted by Gasteiger charge is 2.25. The van der Waals surface area contributed by atoms with Crippen LogP contribution < -0.4 is 25.0 Å². The Kier molecular flexibility index (Phi) is 9.09. The molecule has 194 valence electrons. The lowest BCUT2D eigenvalue weighted by molar-refractivity contribution is -0.123. The van der Waals surface area contributed by atoms with Gasteiger partial charge in [-0.25, -0.2) is 0 Å². The van der Waals surface area contributed by atoms with Crippen molar-refractivity contribution >= 4 is 17.5 Å². The molecular weight excluding hydrogens is 454 g/mol. The van der Waals surface area contributed by atoms with Gasteiger partial charge in [-0.2, -0.15) is 0 Å². The van der Waals surface area contributed by atoms with Crippen molar-refractivity contribution in [2.45, 2.75) is 57.4 Å². The summed E-state index contributed by atoms with van der Waals surface area (Å²) in [5.74, 6) is 1.81. The van der Waals surface area contributed by atoms with Crippen molar-refractivity contribution in [3.8, 4) is 11.5 Å². The van der Waals surface area contributed by atoms with Crippen molar-refractivity contribution in [1.82, 2.24) is 10.6 Å². The first-order valence-electron chi connectivity index (χ1n) is 13.2. The number of rotatable bonds is 11. The summed E-state index contributed by atoms with van der Waals surface area (Å²) in [5.41, 5.74) is 2.89. The molecule has 0 saturated heterocycles. The molecule has 2 amide bonds. The molecule has 1 saturated carbocycles. The molecule has 2 aliphatic rings. The number of methoxy groups -OCH3 is 2. The van der Waals surface area contributed by atoms with Crippen LogP contribution in [0, 0.1) is 5.92 Å². The minimum atomic E-state index is -0.559. The van der Waals surface area contributed by atoms with Crippen LogP contribution >= 0.6 is 0 Å². The molecule has 2 aromatic rings. The highest BCUT2D eigenvalue weighted by molar-refractivity contribution is 5.97. The number of nitrogens with zero attached hydrogens (tertiary/aromatic N) is 1. The largest absolute Gasteiger partial charge is 0.497 e. The predicted molar refractivity (Wildman–Crippen MR) is 142 cm³/mol. The van der Waals surface area contributed by atoms with Gasteiger partial charge in [0.25, 0.3) is 5.91 Å². The summed E-state index contributed by atoms with van der Waals surface area (Å²) in [6.07, 6.45) is 8.81. The fourth-order valence-corrected chi connectivity index (χ4v) is 5.48. The number of anilines is 1. The Hall–Kier alpha value is -3.22. The summed E-state index contributed by atoms with van der Waals surface area (Å²) in [7, 11) is 3.28. The van der Waals surface area contributed by atoms with Gasteiger partial charge in [0.05, 0.1) is 14.2 Å². The van der Waals surface area contributed by atoms with Gasteiger partial charge in [-0.3, -0.25) is 9.59 Å². The van der Waals surface area contributed by atoms with E-state index in [1.165, 1.54) is 43.4 Å². The van der Waals surface area contributed by atoms with Crippen LogP contribution in [0.1, 0.15) is 60.9 Å². The normalized spacial score (nSPS) is 16.2. The molecule has 2 N–H and O–H groups in total. The third kappa shape index (κ3) is 6.50. The zero-order valence-electron chi connectivity index (χ0n) is 21.6. The van der Waals surface area contributed by atoms with Crippen molar-refractivity contribution in [3.63, 3.8) is 0 Å². The van der Waals surface area contributed by atoms with Crippen LogP contribution in [0.15, 0.2) is 42.5 Å². The SMILES string of the molecule is COc1cccc(C(=O)NC(CCC2CCCCC2)C(=O)NCCN2CCc3c(OC)cccc32)c1. The highest BCUT2D eigenvalue weighted by atomic mass is 16.5. The maximum absolute atomic E-state index is 13.2. The zero-order chi connectivity index (χ0) is 25.3. The van der Waals surface area contributed by atoms with E-state index in [4.69, 9.17) is 9.47 Å². The second-order valence-corrected chi connectivity index (χ2v) is 9.83. The van der Waals surface area contributed by atoms with Crippen molar-refractivity contribution in [1.29, 1.82) is 0 Å². The fourth-order valence-electron chi connectivity index (χ4n) is 5.48. The number of ether oxygens (including phenoxy) is 2. The van der Waals surface area contributed by atoms with E-state index in [2.05, 4.69) is 21.6 Å². The van der Waals surface area contributed by atoms with Gasteiger partial charge < -0.3 is 25.0 Å². The van der Waals surface area contributed by atoms with E-state index in [-0.39, 0.29) is 11.8 Å².